The largest absolute Gasteiger partial charge is 0.491 e. The summed E-state index contributed by atoms with van der Waals surface area (Å²) in [6.45, 7) is 4.80. The standard InChI is InChI=1S/C19H25FN2O/c1-3-5-7-8-15-13-21-19(22-14-15)16-9-10-18(17(20)12-16)23-11-6-4-2/h9-10,12-14H,3-8,11H2,1-2H3. The highest BCUT2D eigenvalue weighted by Crippen LogP contribution is 2.23. The van der Waals surface area contributed by atoms with Crippen molar-refractivity contribution in [2.45, 2.75) is 52.4 Å². The second kappa shape index (κ2) is 9.23. The Balaban J connectivity index is 2.02. The van der Waals surface area contributed by atoms with E-state index in [-0.39, 0.29) is 5.82 Å². The van der Waals surface area contributed by atoms with Crippen molar-refractivity contribution in [1.29, 1.82) is 0 Å². The van der Waals surface area contributed by atoms with E-state index in [0.29, 0.717) is 23.7 Å². The summed E-state index contributed by atoms with van der Waals surface area (Å²) in [4.78, 5) is 8.71. The Morgan fingerprint density at radius 2 is 1.74 bits per heavy atom. The van der Waals surface area contributed by atoms with Gasteiger partial charge in [0.1, 0.15) is 0 Å². The first-order chi connectivity index (χ1) is 11.2. The molecule has 0 unspecified atom stereocenters. The van der Waals surface area contributed by atoms with E-state index in [2.05, 4.69) is 23.8 Å². The summed E-state index contributed by atoms with van der Waals surface area (Å²) in [6, 6.07) is 4.89. The average molecular weight is 316 g/mol. The predicted octanol–water partition coefficient (Wildman–Crippen LogP) is 5.19. The molecule has 3 nitrogen and oxygen atoms in total. The summed E-state index contributed by atoms with van der Waals surface area (Å²) >= 11 is 0. The Bertz CT molecular complexity index is 599. The molecule has 4 heteroatoms. The van der Waals surface area contributed by atoms with Crippen LogP contribution in [0.4, 0.5) is 4.39 Å². The molecular weight excluding hydrogens is 291 g/mol. The molecule has 0 aliphatic carbocycles. The van der Waals surface area contributed by atoms with Gasteiger partial charge in [-0.1, -0.05) is 33.1 Å². The van der Waals surface area contributed by atoms with Crippen LogP contribution < -0.4 is 4.74 Å². The van der Waals surface area contributed by atoms with E-state index in [1.54, 1.807) is 12.1 Å². The van der Waals surface area contributed by atoms with Crippen LogP contribution in [0.1, 0.15) is 51.5 Å². The van der Waals surface area contributed by atoms with Gasteiger partial charge in [-0.15, -0.1) is 0 Å². The molecule has 0 spiro atoms. The summed E-state index contributed by atoms with van der Waals surface area (Å²) in [6.07, 6.45) is 10.2. The first kappa shape index (κ1) is 17.4. The molecular formula is C19H25FN2O. The van der Waals surface area contributed by atoms with Crippen LogP contribution >= 0.6 is 0 Å². The maximum absolute atomic E-state index is 14.1. The zero-order valence-corrected chi connectivity index (χ0v) is 14.0. The fourth-order valence-electron chi connectivity index (χ4n) is 2.30. The van der Waals surface area contributed by atoms with Crippen LogP contribution in [0, 0.1) is 5.82 Å². The fraction of sp³-hybridized carbons (Fsp3) is 0.474. The third-order valence-corrected chi connectivity index (χ3v) is 3.72. The first-order valence-electron chi connectivity index (χ1n) is 8.48. The van der Waals surface area contributed by atoms with Crippen LogP contribution in [-0.2, 0) is 6.42 Å². The fourth-order valence-corrected chi connectivity index (χ4v) is 2.30. The molecule has 0 N–H and O–H groups in total. The number of ether oxygens (including phenoxy) is 1. The lowest BCUT2D eigenvalue weighted by Crippen LogP contribution is -1.99. The van der Waals surface area contributed by atoms with Gasteiger partial charge in [0, 0.05) is 18.0 Å². The number of aromatic nitrogens is 2. The maximum Gasteiger partial charge on any atom is 0.165 e. The highest BCUT2D eigenvalue weighted by molar-refractivity contribution is 5.56. The number of nitrogens with zero attached hydrogens (tertiary/aromatic N) is 2. The van der Waals surface area contributed by atoms with Gasteiger partial charge in [0.25, 0.3) is 0 Å². The van der Waals surface area contributed by atoms with E-state index in [4.69, 9.17) is 4.74 Å². The quantitative estimate of drug-likeness (QED) is 0.597. The van der Waals surface area contributed by atoms with Gasteiger partial charge < -0.3 is 4.74 Å². The second-order valence-electron chi connectivity index (χ2n) is 5.72. The molecule has 0 saturated heterocycles. The monoisotopic (exact) mass is 316 g/mol. The Kier molecular flexibility index (Phi) is 6.98. The Labute approximate surface area is 137 Å². The number of rotatable bonds is 9. The van der Waals surface area contributed by atoms with Crippen LogP contribution in [0.3, 0.4) is 0 Å². The maximum atomic E-state index is 14.1. The normalized spacial score (nSPS) is 10.7. The molecule has 0 saturated carbocycles. The van der Waals surface area contributed by atoms with Gasteiger partial charge in [-0.3, -0.25) is 0 Å². The van der Waals surface area contributed by atoms with Crippen molar-refractivity contribution in [1.82, 2.24) is 9.97 Å². The number of benzene rings is 1. The lowest BCUT2D eigenvalue weighted by atomic mass is 10.1. The number of hydrogen-bond acceptors (Lipinski definition) is 3. The smallest absolute Gasteiger partial charge is 0.165 e. The molecule has 1 heterocycles. The minimum atomic E-state index is -0.366. The Morgan fingerprint density at radius 3 is 2.39 bits per heavy atom. The average Bonchev–Trinajstić information content (AvgIpc) is 2.57. The van der Waals surface area contributed by atoms with Crippen molar-refractivity contribution < 1.29 is 9.13 Å². The molecule has 124 valence electrons. The van der Waals surface area contributed by atoms with Crippen molar-refractivity contribution in [3.8, 4) is 17.1 Å². The number of aryl methyl sites for hydroxylation is 1. The lowest BCUT2D eigenvalue weighted by Gasteiger charge is -2.08. The molecule has 1 aromatic carbocycles. The highest BCUT2D eigenvalue weighted by Gasteiger charge is 2.08. The van der Waals surface area contributed by atoms with Gasteiger partial charge in [-0.25, -0.2) is 14.4 Å². The molecule has 0 aliphatic heterocycles. The van der Waals surface area contributed by atoms with Gasteiger partial charge in [0.05, 0.1) is 6.61 Å². The minimum Gasteiger partial charge on any atom is -0.491 e. The van der Waals surface area contributed by atoms with Crippen molar-refractivity contribution in [2.24, 2.45) is 0 Å². The number of halogens is 1. The summed E-state index contributed by atoms with van der Waals surface area (Å²) in [5, 5.41) is 0. The molecule has 23 heavy (non-hydrogen) atoms. The molecule has 1 aromatic heterocycles. The van der Waals surface area contributed by atoms with Crippen molar-refractivity contribution in [3.05, 3.63) is 42.0 Å². The third kappa shape index (κ3) is 5.31. The van der Waals surface area contributed by atoms with Gasteiger partial charge in [0.2, 0.25) is 0 Å². The van der Waals surface area contributed by atoms with E-state index in [1.165, 1.54) is 18.9 Å². The zero-order chi connectivity index (χ0) is 16.5. The SMILES string of the molecule is CCCCCc1cnc(-c2ccc(OCCCC)c(F)c2)nc1. The van der Waals surface area contributed by atoms with Crippen LogP contribution in [0.15, 0.2) is 30.6 Å². The van der Waals surface area contributed by atoms with E-state index in [9.17, 15) is 4.39 Å². The Morgan fingerprint density at radius 1 is 1.00 bits per heavy atom. The predicted molar refractivity (Wildman–Crippen MR) is 91.1 cm³/mol. The Hall–Kier alpha value is -1.97. The molecule has 0 bridgehead atoms. The van der Waals surface area contributed by atoms with Crippen molar-refractivity contribution >= 4 is 0 Å². The molecule has 0 amide bonds. The van der Waals surface area contributed by atoms with Gasteiger partial charge in [-0.2, -0.15) is 0 Å². The molecule has 0 aliphatic rings. The molecule has 0 radical (unpaired) electrons. The van der Waals surface area contributed by atoms with Gasteiger partial charge in [0.15, 0.2) is 17.4 Å². The molecule has 2 aromatic rings. The van der Waals surface area contributed by atoms with Crippen LogP contribution in [0.5, 0.6) is 5.75 Å². The summed E-state index contributed by atoms with van der Waals surface area (Å²) in [5.74, 6) is 0.468. The highest BCUT2D eigenvalue weighted by atomic mass is 19.1. The number of unbranched alkanes of at least 4 members (excludes halogenated alkanes) is 3. The summed E-state index contributed by atoms with van der Waals surface area (Å²) in [5.41, 5.74) is 1.80. The summed E-state index contributed by atoms with van der Waals surface area (Å²) in [7, 11) is 0. The van der Waals surface area contributed by atoms with E-state index < -0.39 is 0 Å². The van der Waals surface area contributed by atoms with E-state index >= 15 is 0 Å². The first-order valence-corrected chi connectivity index (χ1v) is 8.48. The van der Waals surface area contributed by atoms with Gasteiger partial charge >= 0.3 is 0 Å². The van der Waals surface area contributed by atoms with Crippen LogP contribution in [0.25, 0.3) is 11.4 Å². The van der Waals surface area contributed by atoms with E-state index in [1.807, 2.05) is 12.4 Å². The zero-order valence-electron chi connectivity index (χ0n) is 14.0. The minimum absolute atomic E-state index is 0.290. The number of hydrogen-bond donors (Lipinski definition) is 0. The molecule has 2 rings (SSSR count). The molecule has 0 atom stereocenters. The van der Waals surface area contributed by atoms with Crippen LogP contribution in [0.2, 0.25) is 0 Å². The topological polar surface area (TPSA) is 35.0 Å². The third-order valence-electron chi connectivity index (χ3n) is 3.72. The molecule has 0 fully saturated rings. The van der Waals surface area contributed by atoms with Crippen molar-refractivity contribution in [3.63, 3.8) is 0 Å². The lowest BCUT2D eigenvalue weighted by molar-refractivity contribution is 0.294. The summed E-state index contributed by atoms with van der Waals surface area (Å²) < 4.78 is 19.5. The van der Waals surface area contributed by atoms with E-state index in [0.717, 1.165) is 31.2 Å². The van der Waals surface area contributed by atoms with Gasteiger partial charge in [-0.05, 0) is 43.0 Å². The van der Waals surface area contributed by atoms with Crippen LogP contribution in [-0.4, -0.2) is 16.6 Å². The second-order valence-corrected chi connectivity index (χ2v) is 5.72. The van der Waals surface area contributed by atoms with Crippen molar-refractivity contribution in [2.75, 3.05) is 6.61 Å².